The standard InChI is InChI=1S/C20H15NO5S2/c1-26-20(23)13-6-2-4-8-15(13)21-19(22)16-10-12-11-28(24,25)17-9-5-3-7-14(17)18(12)27-16/h2-10H,11H2,1H3,(H,21,22). The molecular weight excluding hydrogens is 398 g/mol. The minimum absolute atomic E-state index is 0.137. The zero-order valence-electron chi connectivity index (χ0n) is 14.8. The molecule has 0 atom stereocenters. The van der Waals surface area contributed by atoms with Gasteiger partial charge in [-0.25, -0.2) is 13.2 Å². The summed E-state index contributed by atoms with van der Waals surface area (Å²) in [7, 11) is -2.16. The molecule has 1 N–H and O–H groups in total. The summed E-state index contributed by atoms with van der Waals surface area (Å²) in [5.74, 6) is -1.10. The zero-order valence-corrected chi connectivity index (χ0v) is 16.4. The summed E-state index contributed by atoms with van der Waals surface area (Å²) in [4.78, 5) is 26.1. The Labute approximate surface area is 165 Å². The molecule has 0 unspecified atom stereocenters. The van der Waals surface area contributed by atoms with E-state index in [4.69, 9.17) is 4.74 Å². The molecule has 2 heterocycles. The van der Waals surface area contributed by atoms with Crippen LogP contribution in [0, 0.1) is 0 Å². The number of benzene rings is 2. The molecule has 1 aliphatic heterocycles. The van der Waals surface area contributed by atoms with Crippen molar-refractivity contribution < 1.29 is 22.7 Å². The molecule has 0 radical (unpaired) electrons. The number of methoxy groups -OCH3 is 1. The highest BCUT2D eigenvalue weighted by atomic mass is 32.2. The minimum atomic E-state index is -3.43. The second kappa shape index (κ2) is 6.88. The molecule has 142 valence electrons. The number of nitrogens with one attached hydrogen (secondary N) is 1. The normalized spacial score (nSPS) is 13.9. The average Bonchev–Trinajstić information content (AvgIpc) is 3.11. The van der Waals surface area contributed by atoms with E-state index in [2.05, 4.69) is 5.32 Å². The first-order valence-electron chi connectivity index (χ1n) is 8.34. The third kappa shape index (κ3) is 3.10. The topological polar surface area (TPSA) is 89.5 Å². The predicted octanol–water partition coefficient (Wildman–Crippen LogP) is 3.74. The van der Waals surface area contributed by atoms with Gasteiger partial charge in [-0.05, 0) is 29.8 Å². The number of rotatable bonds is 3. The third-order valence-corrected chi connectivity index (χ3v) is 7.35. The van der Waals surface area contributed by atoms with Gasteiger partial charge < -0.3 is 10.1 Å². The number of carbonyl (C=O) groups excluding carboxylic acids is 2. The molecule has 0 bridgehead atoms. The number of amides is 1. The summed E-state index contributed by atoms with van der Waals surface area (Å²) >= 11 is 1.23. The van der Waals surface area contributed by atoms with E-state index in [0.717, 1.165) is 4.88 Å². The molecule has 0 spiro atoms. The number of fused-ring (bicyclic) bond motifs is 3. The van der Waals surface area contributed by atoms with Crippen LogP contribution in [0.25, 0.3) is 10.4 Å². The van der Waals surface area contributed by atoms with Crippen molar-refractivity contribution >= 4 is 38.7 Å². The van der Waals surface area contributed by atoms with Crippen molar-refractivity contribution in [2.24, 2.45) is 0 Å². The number of hydrogen-bond donors (Lipinski definition) is 1. The quantitative estimate of drug-likeness (QED) is 0.661. The summed E-state index contributed by atoms with van der Waals surface area (Å²) in [6.45, 7) is 0. The van der Waals surface area contributed by atoms with Gasteiger partial charge in [-0.2, -0.15) is 0 Å². The van der Waals surface area contributed by atoms with Crippen LogP contribution in [0.4, 0.5) is 5.69 Å². The van der Waals surface area contributed by atoms with Gasteiger partial charge >= 0.3 is 5.97 Å². The Kier molecular flexibility index (Phi) is 4.52. The van der Waals surface area contributed by atoms with E-state index in [1.165, 1.54) is 18.4 Å². The van der Waals surface area contributed by atoms with E-state index >= 15 is 0 Å². The summed E-state index contributed by atoms with van der Waals surface area (Å²) in [5, 5.41) is 2.72. The van der Waals surface area contributed by atoms with Crippen LogP contribution >= 0.6 is 11.3 Å². The van der Waals surface area contributed by atoms with Crippen molar-refractivity contribution in [3.8, 4) is 10.4 Å². The lowest BCUT2D eigenvalue weighted by Crippen LogP contribution is -2.14. The van der Waals surface area contributed by atoms with Crippen LogP contribution in [-0.2, 0) is 20.3 Å². The molecule has 1 aliphatic rings. The van der Waals surface area contributed by atoms with Crippen LogP contribution < -0.4 is 5.32 Å². The fourth-order valence-corrected chi connectivity index (χ4v) is 6.00. The zero-order chi connectivity index (χ0) is 19.9. The summed E-state index contributed by atoms with van der Waals surface area (Å²) in [5.41, 5.74) is 1.80. The molecule has 0 aliphatic carbocycles. The minimum Gasteiger partial charge on any atom is -0.465 e. The largest absolute Gasteiger partial charge is 0.465 e. The Morgan fingerprint density at radius 2 is 1.79 bits per heavy atom. The molecule has 8 heteroatoms. The van der Waals surface area contributed by atoms with E-state index in [9.17, 15) is 18.0 Å². The molecule has 28 heavy (non-hydrogen) atoms. The molecule has 1 amide bonds. The van der Waals surface area contributed by atoms with Gasteiger partial charge in [0.1, 0.15) is 0 Å². The number of esters is 1. The average molecular weight is 413 g/mol. The van der Waals surface area contributed by atoms with Crippen LogP contribution in [0.3, 0.4) is 0 Å². The third-order valence-electron chi connectivity index (χ3n) is 4.43. The van der Waals surface area contributed by atoms with Crippen LogP contribution in [-0.4, -0.2) is 27.4 Å². The maximum absolute atomic E-state index is 12.8. The van der Waals surface area contributed by atoms with E-state index in [0.29, 0.717) is 21.7 Å². The number of ether oxygens (including phenoxy) is 1. The lowest BCUT2D eigenvalue weighted by molar-refractivity contribution is 0.0602. The Morgan fingerprint density at radius 1 is 1.07 bits per heavy atom. The highest BCUT2D eigenvalue weighted by Gasteiger charge is 2.30. The van der Waals surface area contributed by atoms with Crippen molar-refractivity contribution in [1.29, 1.82) is 0 Å². The van der Waals surface area contributed by atoms with Crippen LogP contribution in [0.5, 0.6) is 0 Å². The Balaban J connectivity index is 1.70. The van der Waals surface area contributed by atoms with E-state index in [1.54, 1.807) is 54.6 Å². The van der Waals surface area contributed by atoms with Gasteiger partial charge in [0.2, 0.25) is 0 Å². The number of para-hydroxylation sites is 1. The first-order chi connectivity index (χ1) is 13.4. The van der Waals surface area contributed by atoms with E-state index in [-0.39, 0.29) is 16.2 Å². The number of thiophene rings is 1. The van der Waals surface area contributed by atoms with Crippen LogP contribution in [0.15, 0.2) is 59.5 Å². The number of carbonyl (C=O) groups is 2. The smallest absolute Gasteiger partial charge is 0.339 e. The Bertz CT molecular complexity index is 1210. The molecular formula is C20H15NO5S2. The number of sulfone groups is 1. The van der Waals surface area contributed by atoms with Gasteiger partial charge in [0, 0.05) is 10.4 Å². The van der Waals surface area contributed by atoms with E-state index < -0.39 is 21.7 Å². The molecule has 0 saturated carbocycles. The van der Waals surface area contributed by atoms with E-state index in [1.807, 2.05) is 0 Å². The molecule has 4 rings (SSSR count). The molecule has 3 aromatic rings. The molecule has 0 fully saturated rings. The van der Waals surface area contributed by atoms with Crippen molar-refractivity contribution in [2.75, 3.05) is 12.4 Å². The predicted molar refractivity (Wildman–Crippen MR) is 106 cm³/mol. The molecule has 0 saturated heterocycles. The van der Waals surface area contributed by atoms with Crippen molar-refractivity contribution in [3.05, 3.63) is 70.6 Å². The number of anilines is 1. The van der Waals surface area contributed by atoms with Gasteiger partial charge in [0.25, 0.3) is 5.91 Å². The SMILES string of the molecule is COC(=O)c1ccccc1NC(=O)c1cc2c(s1)-c1ccccc1S(=O)(=O)C2. The second-order valence-corrected chi connectivity index (χ2v) is 9.22. The van der Waals surface area contributed by atoms with Gasteiger partial charge in [-0.3, -0.25) is 4.79 Å². The summed E-state index contributed by atoms with van der Waals surface area (Å²) < 4.78 is 29.8. The second-order valence-electron chi connectivity index (χ2n) is 6.21. The Hall–Kier alpha value is -2.97. The maximum atomic E-state index is 12.8. The summed E-state index contributed by atoms with van der Waals surface area (Å²) in [6.07, 6.45) is 0. The first kappa shape index (κ1) is 18.4. The lowest BCUT2D eigenvalue weighted by atomic mass is 10.1. The monoisotopic (exact) mass is 413 g/mol. The van der Waals surface area contributed by atoms with Crippen molar-refractivity contribution in [1.82, 2.24) is 0 Å². The summed E-state index contributed by atoms with van der Waals surface area (Å²) in [6, 6.07) is 14.9. The van der Waals surface area contributed by atoms with Gasteiger partial charge in [-0.15, -0.1) is 11.3 Å². The lowest BCUT2D eigenvalue weighted by Gasteiger charge is -2.15. The van der Waals surface area contributed by atoms with Crippen molar-refractivity contribution in [2.45, 2.75) is 10.6 Å². The Morgan fingerprint density at radius 3 is 2.57 bits per heavy atom. The van der Waals surface area contributed by atoms with Crippen molar-refractivity contribution in [3.63, 3.8) is 0 Å². The fourth-order valence-electron chi connectivity index (χ4n) is 3.15. The molecule has 1 aromatic heterocycles. The molecule has 6 nitrogen and oxygen atoms in total. The highest BCUT2D eigenvalue weighted by Crippen LogP contribution is 2.42. The van der Waals surface area contributed by atoms with Crippen LogP contribution in [0.2, 0.25) is 0 Å². The van der Waals surface area contributed by atoms with Gasteiger partial charge in [0.05, 0.1) is 33.9 Å². The molecule has 2 aromatic carbocycles. The highest BCUT2D eigenvalue weighted by molar-refractivity contribution is 7.91. The maximum Gasteiger partial charge on any atom is 0.339 e. The van der Waals surface area contributed by atoms with Crippen LogP contribution in [0.1, 0.15) is 25.6 Å². The first-order valence-corrected chi connectivity index (χ1v) is 10.8. The van der Waals surface area contributed by atoms with Gasteiger partial charge in [0.15, 0.2) is 9.84 Å². The van der Waals surface area contributed by atoms with Gasteiger partial charge in [-0.1, -0.05) is 30.3 Å². The fraction of sp³-hybridized carbons (Fsp3) is 0.100. The number of hydrogen-bond acceptors (Lipinski definition) is 6.